The van der Waals surface area contributed by atoms with Crippen molar-refractivity contribution in [2.45, 2.75) is 25.4 Å². The van der Waals surface area contributed by atoms with E-state index < -0.39 is 6.09 Å². The number of carbonyl (C=O) groups is 1. The molecular weight excluding hydrogens is 286 g/mol. The van der Waals surface area contributed by atoms with Gasteiger partial charge in [-0.05, 0) is 48.6 Å². The minimum Gasteiger partial charge on any atom is -0.441 e. The third-order valence-corrected chi connectivity index (χ3v) is 3.87. The second kappa shape index (κ2) is 6.19. The van der Waals surface area contributed by atoms with Gasteiger partial charge in [0.25, 0.3) is 0 Å². The van der Waals surface area contributed by atoms with Gasteiger partial charge in [0.1, 0.15) is 6.10 Å². The molecule has 0 bridgehead atoms. The first-order valence-electron chi connectivity index (χ1n) is 7.03. The van der Waals surface area contributed by atoms with Crippen LogP contribution >= 0.6 is 11.6 Å². The molecule has 108 valence electrons. The van der Waals surface area contributed by atoms with Crippen LogP contribution in [0.3, 0.4) is 0 Å². The Morgan fingerprint density at radius 2 is 2.05 bits per heavy atom. The molecule has 0 aromatic heterocycles. The van der Waals surface area contributed by atoms with Crippen LogP contribution in [-0.2, 0) is 11.2 Å². The molecular formula is C17H16ClNO2. The highest BCUT2D eigenvalue weighted by molar-refractivity contribution is 6.30. The van der Waals surface area contributed by atoms with Crippen LogP contribution in [0.4, 0.5) is 10.5 Å². The maximum Gasteiger partial charge on any atom is 0.412 e. The van der Waals surface area contributed by atoms with Gasteiger partial charge in [-0.15, -0.1) is 0 Å². The maximum absolute atomic E-state index is 12.0. The van der Waals surface area contributed by atoms with E-state index in [9.17, 15) is 4.79 Å². The molecule has 0 aliphatic heterocycles. The fourth-order valence-corrected chi connectivity index (χ4v) is 2.86. The fourth-order valence-electron chi connectivity index (χ4n) is 2.67. The van der Waals surface area contributed by atoms with Crippen molar-refractivity contribution < 1.29 is 9.53 Å². The summed E-state index contributed by atoms with van der Waals surface area (Å²) >= 11 is 5.90. The Morgan fingerprint density at radius 1 is 1.19 bits per heavy atom. The molecule has 1 amide bonds. The summed E-state index contributed by atoms with van der Waals surface area (Å²) in [6.07, 6.45) is 2.33. The molecule has 1 N–H and O–H groups in total. The summed E-state index contributed by atoms with van der Waals surface area (Å²) in [6, 6.07) is 15.1. The van der Waals surface area contributed by atoms with Crippen LogP contribution in [0, 0.1) is 0 Å². The lowest BCUT2D eigenvalue weighted by atomic mass is 9.89. The Labute approximate surface area is 128 Å². The topological polar surface area (TPSA) is 38.3 Å². The molecule has 4 heteroatoms. The van der Waals surface area contributed by atoms with Gasteiger partial charge >= 0.3 is 6.09 Å². The molecule has 1 aliphatic rings. The largest absolute Gasteiger partial charge is 0.441 e. The van der Waals surface area contributed by atoms with E-state index in [2.05, 4.69) is 11.4 Å². The summed E-state index contributed by atoms with van der Waals surface area (Å²) in [6.45, 7) is 0. The van der Waals surface area contributed by atoms with Crippen molar-refractivity contribution in [3.8, 4) is 0 Å². The molecule has 0 unspecified atom stereocenters. The summed E-state index contributed by atoms with van der Waals surface area (Å²) < 4.78 is 5.57. The predicted octanol–water partition coefficient (Wildman–Crippen LogP) is 4.97. The number of fused-ring (bicyclic) bond motifs is 1. The van der Waals surface area contributed by atoms with Crippen LogP contribution in [0.2, 0.25) is 5.02 Å². The van der Waals surface area contributed by atoms with E-state index in [0.29, 0.717) is 10.7 Å². The first-order valence-corrected chi connectivity index (χ1v) is 7.41. The van der Waals surface area contributed by atoms with E-state index >= 15 is 0 Å². The molecule has 21 heavy (non-hydrogen) atoms. The summed E-state index contributed by atoms with van der Waals surface area (Å²) in [5.74, 6) is 0. The van der Waals surface area contributed by atoms with Crippen LogP contribution in [0.1, 0.15) is 30.1 Å². The number of rotatable bonds is 2. The number of halogens is 1. The smallest absolute Gasteiger partial charge is 0.412 e. The van der Waals surface area contributed by atoms with Crippen molar-refractivity contribution in [3.63, 3.8) is 0 Å². The van der Waals surface area contributed by atoms with Crippen LogP contribution in [0.5, 0.6) is 0 Å². The molecule has 0 heterocycles. The second-order valence-electron chi connectivity index (χ2n) is 5.12. The summed E-state index contributed by atoms with van der Waals surface area (Å²) in [4.78, 5) is 12.0. The number of amides is 1. The fraction of sp³-hybridized carbons (Fsp3) is 0.235. The molecule has 0 saturated carbocycles. The van der Waals surface area contributed by atoms with Gasteiger partial charge in [0.2, 0.25) is 0 Å². The number of ether oxygens (including phenoxy) is 1. The van der Waals surface area contributed by atoms with Crippen LogP contribution < -0.4 is 5.32 Å². The van der Waals surface area contributed by atoms with E-state index in [-0.39, 0.29) is 6.10 Å². The zero-order valence-electron chi connectivity index (χ0n) is 11.5. The van der Waals surface area contributed by atoms with Crippen molar-refractivity contribution in [1.29, 1.82) is 0 Å². The number of benzene rings is 2. The molecule has 0 saturated heterocycles. The first-order chi connectivity index (χ1) is 10.2. The van der Waals surface area contributed by atoms with Crippen LogP contribution in [-0.4, -0.2) is 6.09 Å². The highest BCUT2D eigenvalue weighted by Crippen LogP contribution is 2.32. The van der Waals surface area contributed by atoms with Gasteiger partial charge in [0.05, 0.1) is 0 Å². The number of hydrogen-bond acceptors (Lipinski definition) is 2. The number of nitrogens with one attached hydrogen (secondary N) is 1. The zero-order chi connectivity index (χ0) is 14.7. The van der Waals surface area contributed by atoms with Gasteiger partial charge in [-0.25, -0.2) is 4.79 Å². The number of anilines is 1. The zero-order valence-corrected chi connectivity index (χ0v) is 12.3. The van der Waals surface area contributed by atoms with Crippen LogP contribution in [0.15, 0.2) is 48.5 Å². The predicted molar refractivity (Wildman–Crippen MR) is 83.7 cm³/mol. The average molecular weight is 302 g/mol. The molecule has 3 rings (SSSR count). The number of carbonyl (C=O) groups excluding carboxylic acids is 1. The Balaban J connectivity index is 1.68. The maximum atomic E-state index is 12.0. The molecule has 1 aliphatic carbocycles. The highest BCUT2D eigenvalue weighted by Gasteiger charge is 2.23. The summed E-state index contributed by atoms with van der Waals surface area (Å²) in [5.41, 5.74) is 3.02. The molecule has 1 atom stereocenters. The first kappa shape index (κ1) is 14.0. The van der Waals surface area contributed by atoms with E-state index in [0.717, 1.165) is 24.8 Å². The van der Waals surface area contributed by atoms with Crippen molar-refractivity contribution in [2.24, 2.45) is 0 Å². The number of aryl methyl sites for hydroxylation is 1. The quantitative estimate of drug-likeness (QED) is 0.851. The minimum absolute atomic E-state index is 0.172. The molecule has 2 aromatic rings. The van der Waals surface area contributed by atoms with E-state index in [1.165, 1.54) is 5.56 Å². The van der Waals surface area contributed by atoms with Crippen LogP contribution in [0.25, 0.3) is 0 Å². The van der Waals surface area contributed by atoms with Crippen molar-refractivity contribution in [3.05, 3.63) is 64.7 Å². The summed E-state index contributed by atoms with van der Waals surface area (Å²) in [7, 11) is 0. The lowest BCUT2D eigenvalue weighted by Crippen LogP contribution is -2.20. The lowest BCUT2D eigenvalue weighted by molar-refractivity contribution is 0.0999. The standard InChI is InChI=1S/C17H16ClNO2/c18-13-7-4-8-14(11-13)19-17(20)21-16-10-3-6-12-5-1-2-9-15(12)16/h1-2,4-5,7-9,11,16H,3,6,10H2,(H,19,20)/t16-/m0/s1. The Bertz CT molecular complexity index is 657. The van der Waals surface area contributed by atoms with Gasteiger partial charge in [-0.2, -0.15) is 0 Å². The molecule has 0 spiro atoms. The molecule has 0 radical (unpaired) electrons. The third-order valence-electron chi connectivity index (χ3n) is 3.63. The van der Waals surface area contributed by atoms with E-state index in [1.54, 1.807) is 24.3 Å². The van der Waals surface area contributed by atoms with Crippen molar-refractivity contribution in [1.82, 2.24) is 0 Å². The second-order valence-corrected chi connectivity index (χ2v) is 5.56. The lowest BCUT2D eigenvalue weighted by Gasteiger charge is -2.25. The minimum atomic E-state index is -0.445. The Kier molecular flexibility index (Phi) is 4.11. The molecule has 3 nitrogen and oxygen atoms in total. The SMILES string of the molecule is O=C(Nc1cccc(Cl)c1)O[C@H]1CCCc2ccccc21. The summed E-state index contributed by atoms with van der Waals surface area (Å²) in [5, 5.41) is 3.29. The van der Waals surface area contributed by atoms with Gasteiger partial charge in [0, 0.05) is 10.7 Å². The van der Waals surface area contributed by atoms with Gasteiger partial charge in [-0.3, -0.25) is 5.32 Å². The average Bonchev–Trinajstić information content (AvgIpc) is 2.47. The van der Waals surface area contributed by atoms with E-state index in [4.69, 9.17) is 16.3 Å². The molecule has 0 fully saturated rings. The van der Waals surface area contributed by atoms with Gasteiger partial charge < -0.3 is 4.74 Å². The van der Waals surface area contributed by atoms with Gasteiger partial charge in [-0.1, -0.05) is 41.9 Å². The van der Waals surface area contributed by atoms with Crippen molar-refractivity contribution in [2.75, 3.05) is 5.32 Å². The Morgan fingerprint density at radius 3 is 2.90 bits per heavy atom. The third kappa shape index (κ3) is 3.37. The van der Waals surface area contributed by atoms with E-state index in [1.807, 2.05) is 18.2 Å². The van der Waals surface area contributed by atoms with Gasteiger partial charge in [0.15, 0.2) is 0 Å². The Hall–Kier alpha value is -2.00. The highest BCUT2D eigenvalue weighted by atomic mass is 35.5. The van der Waals surface area contributed by atoms with Crippen molar-refractivity contribution >= 4 is 23.4 Å². The normalized spacial score (nSPS) is 16.9. The number of hydrogen-bond donors (Lipinski definition) is 1. The monoisotopic (exact) mass is 301 g/mol. The molecule has 2 aromatic carbocycles.